The molecular formula is C20H30N8O2. The number of carbonyl (C=O) groups is 2. The van der Waals surface area contributed by atoms with Crippen LogP contribution in [0.4, 0.5) is 0 Å². The minimum atomic E-state index is -0.106. The van der Waals surface area contributed by atoms with Gasteiger partial charge < -0.3 is 10.6 Å². The van der Waals surface area contributed by atoms with Crippen molar-refractivity contribution in [3.05, 3.63) is 23.3 Å². The summed E-state index contributed by atoms with van der Waals surface area (Å²) in [5.41, 5.74) is 0. The molecule has 162 valence electrons. The molecule has 0 bridgehead atoms. The third-order valence-corrected chi connectivity index (χ3v) is 5.70. The van der Waals surface area contributed by atoms with Crippen molar-refractivity contribution in [2.45, 2.75) is 84.5 Å². The summed E-state index contributed by atoms with van der Waals surface area (Å²) >= 11 is 0. The minimum absolute atomic E-state index is 0.0533. The van der Waals surface area contributed by atoms with Crippen LogP contribution in [0.5, 0.6) is 0 Å². The maximum Gasteiger partial charge on any atom is 0.220 e. The first-order valence-corrected chi connectivity index (χ1v) is 10.8. The SMILES string of the molecule is Cc1nc2n(n1)CCCC2NC(=O)CC(C)CC(=O)NC1CCCn2nc(C)nc21. The Labute approximate surface area is 175 Å². The number of nitrogens with zero attached hydrogens (tertiary/aromatic N) is 6. The minimum Gasteiger partial charge on any atom is -0.346 e. The number of rotatable bonds is 6. The molecule has 4 rings (SSSR count). The van der Waals surface area contributed by atoms with Crippen LogP contribution in [0.1, 0.15) is 80.8 Å². The zero-order valence-corrected chi connectivity index (χ0v) is 17.9. The van der Waals surface area contributed by atoms with E-state index in [4.69, 9.17) is 0 Å². The summed E-state index contributed by atoms with van der Waals surface area (Å²) in [7, 11) is 0. The Balaban J connectivity index is 1.27. The first kappa shape index (κ1) is 20.5. The van der Waals surface area contributed by atoms with Crippen molar-refractivity contribution in [3.8, 4) is 0 Å². The van der Waals surface area contributed by atoms with Crippen LogP contribution in [0.2, 0.25) is 0 Å². The van der Waals surface area contributed by atoms with Crippen LogP contribution in [-0.2, 0) is 22.7 Å². The van der Waals surface area contributed by atoms with E-state index >= 15 is 0 Å². The van der Waals surface area contributed by atoms with Gasteiger partial charge in [-0.3, -0.25) is 9.59 Å². The summed E-state index contributed by atoms with van der Waals surface area (Å²) in [4.78, 5) is 34.0. The van der Waals surface area contributed by atoms with Gasteiger partial charge in [0.25, 0.3) is 0 Å². The Kier molecular flexibility index (Phi) is 5.83. The largest absolute Gasteiger partial charge is 0.346 e. The summed E-state index contributed by atoms with van der Waals surface area (Å²) < 4.78 is 3.76. The first-order valence-electron chi connectivity index (χ1n) is 10.8. The number of hydrogen-bond donors (Lipinski definition) is 2. The van der Waals surface area contributed by atoms with Gasteiger partial charge in [0.2, 0.25) is 11.8 Å². The highest BCUT2D eigenvalue weighted by molar-refractivity contribution is 5.79. The van der Waals surface area contributed by atoms with Crippen molar-refractivity contribution >= 4 is 11.8 Å². The second-order valence-electron chi connectivity index (χ2n) is 8.52. The molecule has 30 heavy (non-hydrogen) atoms. The molecule has 2 atom stereocenters. The maximum atomic E-state index is 12.6. The average Bonchev–Trinajstić information content (AvgIpc) is 3.23. The monoisotopic (exact) mass is 414 g/mol. The number of carbonyl (C=O) groups excluding carboxylic acids is 2. The summed E-state index contributed by atoms with van der Waals surface area (Å²) in [6.07, 6.45) is 4.25. The lowest BCUT2D eigenvalue weighted by Crippen LogP contribution is -2.36. The van der Waals surface area contributed by atoms with Gasteiger partial charge in [0, 0.05) is 25.9 Å². The van der Waals surface area contributed by atoms with Crippen LogP contribution in [0, 0.1) is 19.8 Å². The second-order valence-corrected chi connectivity index (χ2v) is 8.52. The maximum absolute atomic E-state index is 12.6. The number of nitrogens with one attached hydrogen (secondary N) is 2. The first-order chi connectivity index (χ1) is 14.4. The lowest BCUT2D eigenvalue weighted by Gasteiger charge is -2.24. The lowest BCUT2D eigenvalue weighted by atomic mass is 10.0. The summed E-state index contributed by atoms with van der Waals surface area (Å²) in [6.45, 7) is 7.34. The topological polar surface area (TPSA) is 120 Å². The van der Waals surface area contributed by atoms with E-state index in [2.05, 4.69) is 30.8 Å². The molecule has 0 fully saturated rings. The number of aromatic nitrogens is 6. The van der Waals surface area contributed by atoms with Crippen molar-refractivity contribution in [3.63, 3.8) is 0 Å². The normalized spacial score (nSPS) is 21.4. The molecule has 0 saturated carbocycles. The van der Waals surface area contributed by atoms with Crippen molar-refractivity contribution in [2.24, 2.45) is 5.92 Å². The van der Waals surface area contributed by atoms with Crippen LogP contribution in [-0.4, -0.2) is 41.3 Å². The zero-order valence-electron chi connectivity index (χ0n) is 17.9. The van der Waals surface area contributed by atoms with Gasteiger partial charge in [-0.05, 0) is 45.4 Å². The van der Waals surface area contributed by atoms with Crippen molar-refractivity contribution in [1.82, 2.24) is 40.2 Å². The van der Waals surface area contributed by atoms with Crippen molar-refractivity contribution in [1.29, 1.82) is 0 Å². The Morgan fingerprint density at radius 2 is 1.33 bits per heavy atom. The standard InChI is InChI=1S/C20H30N8O2/c1-12(10-17(29)23-15-6-4-8-27-19(15)21-13(2)25-27)11-18(30)24-16-7-5-9-28-20(16)22-14(3)26-28/h12,15-16H,4-11H2,1-3H3,(H,23,29)(H,24,30). The number of amides is 2. The Morgan fingerprint density at radius 3 is 1.77 bits per heavy atom. The van der Waals surface area contributed by atoms with Crippen LogP contribution in [0.3, 0.4) is 0 Å². The molecule has 2 aliphatic rings. The van der Waals surface area contributed by atoms with Crippen LogP contribution in [0.15, 0.2) is 0 Å². The molecule has 0 radical (unpaired) electrons. The molecule has 2 amide bonds. The predicted octanol–water partition coefficient (Wildman–Crippen LogP) is 1.51. The molecule has 10 nitrogen and oxygen atoms in total. The molecule has 2 aromatic heterocycles. The van der Waals surface area contributed by atoms with E-state index in [-0.39, 0.29) is 29.8 Å². The quantitative estimate of drug-likeness (QED) is 0.739. The molecule has 0 aliphatic carbocycles. The summed E-state index contributed by atoms with van der Waals surface area (Å²) in [6, 6.07) is -0.212. The van der Waals surface area contributed by atoms with Gasteiger partial charge in [0.05, 0.1) is 12.1 Å². The molecule has 2 aliphatic heterocycles. The zero-order chi connectivity index (χ0) is 21.3. The molecule has 0 saturated heterocycles. The molecule has 2 unspecified atom stereocenters. The van der Waals surface area contributed by atoms with Crippen LogP contribution in [0.25, 0.3) is 0 Å². The van der Waals surface area contributed by atoms with E-state index in [1.54, 1.807) is 0 Å². The second kappa shape index (κ2) is 8.53. The molecule has 2 aromatic rings. The summed E-state index contributed by atoms with van der Waals surface area (Å²) in [5.74, 6) is 2.94. The summed E-state index contributed by atoms with van der Waals surface area (Å²) in [5, 5.41) is 14.9. The number of aryl methyl sites for hydroxylation is 4. The van der Waals surface area contributed by atoms with Gasteiger partial charge >= 0.3 is 0 Å². The molecule has 10 heteroatoms. The van der Waals surface area contributed by atoms with E-state index in [0.717, 1.165) is 62.1 Å². The van der Waals surface area contributed by atoms with Crippen LogP contribution < -0.4 is 10.6 Å². The van der Waals surface area contributed by atoms with Crippen molar-refractivity contribution in [2.75, 3.05) is 0 Å². The van der Waals surface area contributed by atoms with E-state index in [9.17, 15) is 9.59 Å². The van der Waals surface area contributed by atoms with Gasteiger partial charge in [-0.15, -0.1) is 0 Å². The smallest absolute Gasteiger partial charge is 0.220 e. The fourth-order valence-electron chi connectivity index (χ4n) is 4.42. The fourth-order valence-corrected chi connectivity index (χ4v) is 4.42. The molecule has 0 aromatic carbocycles. The van der Waals surface area contributed by atoms with Gasteiger partial charge in [0.1, 0.15) is 23.3 Å². The van der Waals surface area contributed by atoms with E-state index in [1.165, 1.54) is 0 Å². The number of hydrogen-bond acceptors (Lipinski definition) is 6. The highest BCUT2D eigenvalue weighted by Crippen LogP contribution is 2.25. The molecule has 0 spiro atoms. The van der Waals surface area contributed by atoms with Gasteiger partial charge in [0.15, 0.2) is 0 Å². The Hall–Kier alpha value is -2.78. The predicted molar refractivity (Wildman–Crippen MR) is 108 cm³/mol. The molecule has 2 N–H and O–H groups in total. The highest BCUT2D eigenvalue weighted by atomic mass is 16.2. The fraction of sp³-hybridized carbons (Fsp3) is 0.700. The van der Waals surface area contributed by atoms with E-state index in [1.807, 2.05) is 30.1 Å². The van der Waals surface area contributed by atoms with Gasteiger partial charge in [-0.1, -0.05) is 6.92 Å². The average molecular weight is 415 g/mol. The third-order valence-electron chi connectivity index (χ3n) is 5.70. The van der Waals surface area contributed by atoms with Gasteiger partial charge in [-0.25, -0.2) is 19.3 Å². The van der Waals surface area contributed by atoms with E-state index in [0.29, 0.717) is 12.8 Å². The Bertz CT molecular complexity index is 859. The van der Waals surface area contributed by atoms with Crippen LogP contribution >= 0.6 is 0 Å². The number of fused-ring (bicyclic) bond motifs is 2. The van der Waals surface area contributed by atoms with Gasteiger partial charge in [-0.2, -0.15) is 10.2 Å². The van der Waals surface area contributed by atoms with E-state index < -0.39 is 0 Å². The highest BCUT2D eigenvalue weighted by Gasteiger charge is 2.27. The molecule has 4 heterocycles. The van der Waals surface area contributed by atoms with Crippen molar-refractivity contribution < 1.29 is 9.59 Å². The third kappa shape index (κ3) is 4.52. The lowest BCUT2D eigenvalue weighted by molar-refractivity contribution is -0.124. The Morgan fingerprint density at radius 1 is 0.900 bits per heavy atom. The molecular weight excluding hydrogens is 384 g/mol.